The third kappa shape index (κ3) is 2.92. The molecule has 1 atom stereocenters. The number of halogens is 1. The van der Waals surface area contributed by atoms with E-state index in [-0.39, 0.29) is 5.60 Å². The summed E-state index contributed by atoms with van der Waals surface area (Å²) in [5.74, 6) is 0.859. The van der Waals surface area contributed by atoms with E-state index in [0.717, 1.165) is 29.7 Å². The number of hydrogen-bond donors (Lipinski definition) is 1. The van der Waals surface area contributed by atoms with Crippen molar-refractivity contribution in [3.63, 3.8) is 0 Å². The lowest BCUT2D eigenvalue weighted by atomic mass is 9.94. The van der Waals surface area contributed by atoms with Gasteiger partial charge in [-0.1, -0.05) is 0 Å². The number of nitrogens with one attached hydrogen (secondary N) is 1. The van der Waals surface area contributed by atoms with Gasteiger partial charge < -0.3 is 10.1 Å². The average molecular weight is 286 g/mol. The normalized spacial score (nSPS) is 24.1. The van der Waals surface area contributed by atoms with Crippen molar-refractivity contribution in [2.24, 2.45) is 0 Å². The molecular formula is C11H16BrN3O. The van der Waals surface area contributed by atoms with E-state index >= 15 is 0 Å². The summed E-state index contributed by atoms with van der Waals surface area (Å²) in [7, 11) is 0. The van der Waals surface area contributed by atoms with Crippen molar-refractivity contribution in [3.8, 4) is 0 Å². The summed E-state index contributed by atoms with van der Waals surface area (Å²) in [4.78, 5) is 8.15. The maximum absolute atomic E-state index is 5.68. The van der Waals surface area contributed by atoms with Crippen LogP contribution in [-0.2, 0) is 4.74 Å². The minimum absolute atomic E-state index is 0.0462. The van der Waals surface area contributed by atoms with Crippen LogP contribution in [-0.4, -0.2) is 28.2 Å². The second kappa shape index (κ2) is 4.67. The third-order valence-corrected chi connectivity index (χ3v) is 3.29. The van der Waals surface area contributed by atoms with Crippen LogP contribution in [0.1, 0.15) is 26.7 Å². The minimum Gasteiger partial charge on any atom is -0.375 e. The molecule has 0 amide bonds. The molecule has 0 radical (unpaired) electrons. The first-order chi connectivity index (χ1) is 7.57. The number of hydrogen-bond acceptors (Lipinski definition) is 4. The van der Waals surface area contributed by atoms with Gasteiger partial charge in [0.1, 0.15) is 12.1 Å². The Morgan fingerprint density at radius 1 is 1.56 bits per heavy atom. The van der Waals surface area contributed by atoms with Gasteiger partial charge in [-0.2, -0.15) is 0 Å². The molecule has 88 valence electrons. The lowest BCUT2D eigenvalue weighted by Crippen LogP contribution is -2.40. The van der Waals surface area contributed by atoms with E-state index in [1.807, 2.05) is 0 Å². The molecule has 0 bridgehead atoms. The van der Waals surface area contributed by atoms with Crippen molar-refractivity contribution < 1.29 is 4.74 Å². The molecule has 2 rings (SSSR count). The zero-order valence-corrected chi connectivity index (χ0v) is 11.1. The number of aromatic nitrogens is 2. The van der Waals surface area contributed by atoms with Crippen molar-refractivity contribution in [3.05, 3.63) is 17.0 Å². The number of anilines is 1. The maximum atomic E-state index is 5.68. The van der Waals surface area contributed by atoms with Gasteiger partial charge in [0.05, 0.1) is 10.1 Å². The summed E-state index contributed by atoms with van der Waals surface area (Å²) in [5.41, 5.74) is -0.0462. The molecule has 0 aromatic carbocycles. The molecule has 1 fully saturated rings. The third-order valence-electron chi connectivity index (χ3n) is 2.71. The van der Waals surface area contributed by atoms with Crippen LogP contribution in [0.25, 0.3) is 0 Å². The fraction of sp³-hybridized carbons (Fsp3) is 0.636. The van der Waals surface area contributed by atoms with Crippen LogP contribution in [0.5, 0.6) is 0 Å². The van der Waals surface area contributed by atoms with Crippen LogP contribution in [0.15, 0.2) is 17.0 Å². The Morgan fingerprint density at radius 3 is 3.06 bits per heavy atom. The van der Waals surface area contributed by atoms with E-state index in [0.29, 0.717) is 6.04 Å². The van der Waals surface area contributed by atoms with Crippen molar-refractivity contribution in [1.29, 1.82) is 0 Å². The fourth-order valence-corrected chi connectivity index (χ4v) is 2.30. The summed E-state index contributed by atoms with van der Waals surface area (Å²) in [6, 6.07) is 0.412. The fourth-order valence-electron chi connectivity index (χ4n) is 1.97. The van der Waals surface area contributed by atoms with E-state index < -0.39 is 0 Å². The summed E-state index contributed by atoms with van der Waals surface area (Å²) in [6.45, 7) is 5.04. The first-order valence-electron chi connectivity index (χ1n) is 5.43. The van der Waals surface area contributed by atoms with Gasteiger partial charge in [-0.05, 0) is 42.6 Å². The highest BCUT2D eigenvalue weighted by atomic mass is 79.9. The average Bonchev–Trinajstić information content (AvgIpc) is 2.20. The molecule has 2 heterocycles. The van der Waals surface area contributed by atoms with Gasteiger partial charge in [-0.3, -0.25) is 0 Å². The molecule has 1 aliphatic rings. The van der Waals surface area contributed by atoms with E-state index in [1.54, 1.807) is 12.5 Å². The van der Waals surface area contributed by atoms with Crippen LogP contribution in [0.2, 0.25) is 0 Å². The molecule has 4 nitrogen and oxygen atoms in total. The van der Waals surface area contributed by atoms with Crippen molar-refractivity contribution in [2.75, 3.05) is 11.9 Å². The summed E-state index contributed by atoms with van der Waals surface area (Å²) < 4.78 is 6.58. The molecule has 1 saturated heterocycles. The van der Waals surface area contributed by atoms with Crippen molar-refractivity contribution >= 4 is 21.7 Å². The van der Waals surface area contributed by atoms with Gasteiger partial charge in [-0.25, -0.2) is 9.97 Å². The van der Waals surface area contributed by atoms with Gasteiger partial charge in [0.2, 0.25) is 0 Å². The Bertz CT molecular complexity index is 370. The minimum atomic E-state index is -0.0462. The molecule has 1 N–H and O–H groups in total. The molecule has 16 heavy (non-hydrogen) atoms. The number of nitrogens with zero attached hydrogens (tertiary/aromatic N) is 2. The van der Waals surface area contributed by atoms with Gasteiger partial charge in [0.15, 0.2) is 0 Å². The molecule has 0 aliphatic carbocycles. The summed E-state index contributed by atoms with van der Waals surface area (Å²) in [5, 5.41) is 3.43. The smallest absolute Gasteiger partial charge is 0.143 e. The van der Waals surface area contributed by atoms with Gasteiger partial charge in [0, 0.05) is 18.8 Å². The summed E-state index contributed by atoms with van der Waals surface area (Å²) >= 11 is 3.43. The second-order valence-electron chi connectivity index (χ2n) is 4.66. The molecule has 1 aliphatic heterocycles. The van der Waals surface area contributed by atoms with Crippen LogP contribution < -0.4 is 5.32 Å². The molecule has 0 saturated carbocycles. The van der Waals surface area contributed by atoms with Crippen molar-refractivity contribution in [1.82, 2.24) is 9.97 Å². The summed E-state index contributed by atoms with van der Waals surface area (Å²) in [6.07, 6.45) is 5.31. The Morgan fingerprint density at radius 2 is 2.38 bits per heavy atom. The number of rotatable bonds is 2. The van der Waals surface area contributed by atoms with E-state index in [9.17, 15) is 0 Å². The van der Waals surface area contributed by atoms with Crippen LogP contribution in [0.3, 0.4) is 0 Å². The molecule has 1 unspecified atom stereocenters. The quantitative estimate of drug-likeness (QED) is 0.907. The molecule has 1 aromatic rings. The highest BCUT2D eigenvalue weighted by Crippen LogP contribution is 2.27. The zero-order chi connectivity index (χ0) is 11.6. The molecular weight excluding hydrogens is 270 g/mol. The van der Waals surface area contributed by atoms with E-state index in [4.69, 9.17) is 4.74 Å². The SMILES string of the molecule is CC1(C)CC(Nc2ncncc2Br)CCO1. The van der Waals surface area contributed by atoms with Gasteiger partial charge in [0.25, 0.3) is 0 Å². The highest BCUT2D eigenvalue weighted by molar-refractivity contribution is 9.10. The largest absolute Gasteiger partial charge is 0.375 e. The van der Waals surface area contributed by atoms with Crippen molar-refractivity contribution in [2.45, 2.75) is 38.3 Å². The standard InChI is InChI=1S/C11H16BrN3O/c1-11(2)5-8(3-4-16-11)15-10-9(12)6-13-7-14-10/h6-8H,3-5H2,1-2H3,(H,13,14,15). The Balaban J connectivity index is 2.02. The predicted octanol–water partition coefficient (Wildman–Crippen LogP) is 2.61. The Labute approximate surface area is 104 Å². The Kier molecular flexibility index (Phi) is 3.44. The maximum Gasteiger partial charge on any atom is 0.143 e. The van der Waals surface area contributed by atoms with E-state index in [2.05, 4.69) is 45.1 Å². The van der Waals surface area contributed by atoms with Crippen LogP contribution >= 0.6 is 15.9 Å². The lowest BCUT2D eigenvalue weighted by Gasteiger charge is -2.36. The topological polar surface area (TPSA) is 47.0 Å². The molecule has 1 aromatic heterocycles. The monoisotopic (exact) mass is 285 g/mol. The molecule has 5 heteroatoms. The lowest BCUT2D eigenvalue weighted by molar-refractivity contribution is -0.0553. The van der Waals surface area contributed by atoms with Crippen LogP contribution in [0, 0.1) is 0 Å². The zero-order valence-electron chi connectivity index (χ0n) is 9.53. The highest BCUT2D eigenvalue weighted by Gasteiger charge is 2.29. The second-order valence-corrected chi connectivity index (χ2v) is 5.52. The van der Waals surface area contributed by atoms with Crippen LogP contribution in [0.4, 0.5) is 5.82 Å². The first kappa shape index (κ1) is 11.8. The predicted molar refractivity (Wildman–Crippen MR) is 66.4 cm³/mol. The van der Waals surface area contributed by atoms with Gasteiger partial charge >= 0.3 is 0 Å². The number of ether oxygens (including phenoxy) is 1. The Hall–Kier alpha value is -0.680. The first-order valence-corrected chi connectivity index (χ1v) is 6.22. The molecule has 0 spiro atoms. The van der Waals surface area contributed by atoms with E-state index in [1.165, 1.54) is 0 Å². The van der Waals surface area contributed by atoms with Gasteiger partial charge in [-0.15, -0.1) is 0 Å².